The van der Waals surface area contributed by atoms with E-state index in [4.69, 9.17) is 0 Å². The van der Waals surface area contributed by atoms with Crippen molar-refractivity contribution in [2.45, 2.75) is 64.6 Å². The minimum atomic E-state index is -0.616. The first-order valence-corrected chi connectivity index (χ1v) is 13.1. The van der Waals surface area contributed by atoms with Crippen LogP contribution in [-0.2, 0) is 17.9 Å². The number of nitrogens with zero attached hydrogens (tertiary/aromatic N) is 1. The average molecular weight is 491 g/mol. The first-order chi connectivity index (χ1) is 17.5. The number of hydrogen-bond acceptors (Lipinski definition) is 3. The monoisotopic (exact) mass is 490 g/mol. The zero-order valence-electron chi connectivity index (χ0n) is 20.9. The SMILES string of the molecule is Cc1c(C(=O)N[C@@H](CCC2CC2)C(=O)NCc2ccc(CN3CCCC3)cc2)[nH]c2ccc(F)cc12. The van der Waals surface area contributed by atoms with Gasteiger partial charge in [0.25, 0.3) is 5.91 Å². The Morgan fingerprint density at radius 1 is 1.08 bits per heavy atom. The molecule has 1 aromatic heterocycles. The van der Waals surface area contributed by atoms with E-state index >= 15 is 0 Å². The van der Waals surface area contributed by atoms with E-state index in [1.54, 1.807) is 13.0 Å². The molecule has 1 aliphatic heterocycles. The lowest BCUT2D eigenvalue weighted by atomic mass is 10.1. The second-order valence-electron chi connectivity index (χ2n) is 10.4. The maximum Gasteiger partial charge on any atom is 0.268 e. The van der Waals surface area contributed by atoms with Crippen molar-refractivity contribution in [1.29, 1.82) is 0 Å². The molecule has 3 N–H and O–H groups in total. The number of rotatable bonds is 10. The summed E-state index contributed by atoms with van der Waals surface area (Å²) in [7, 11) is 0. The average Bonchev–Trinajstić information content (AvgIpc) is 3.46. The zero-order chi connectivity index (χ0) is 25.1. The number of aromatic nitrogens is 1. The summed E-state index contributed by atoms with van der Waals surface area (Å²) in [5.41, 5.74) is 4.07. The summed E-state index contributed by atoms with van der Waals surface area (Å²) >= 11 is 0. The third kappa shape index (κ3) is 5.95. The molecule has 6 nitrogen and oxygen atoms in total. The molecule has 1 saturated carbocycles. The van der Waals surface area contributed by atoms with Crippen LogP contribution >= 0.6 is 0 Å². The van der Waals surface area contributed by atoms with Crippen LogP contribution in [0.1, 0.15) is 65.7 Å². The molecule has 1 atom stereocenters. The fraction of sp³-hybridized carbons (Fsp3) is 0.448. The van der Waals surface area contributed by atoms with Crippen molar-refractivity contribution in [2.24, 2.45) is 5.92 Å². The third-order valence-corrected chi connectivity index (χ3v) is 7.52. The number of nitrogens with one attached hydrogen (secondary N) is 3. The number of benzene rings is 2. The van der Waals surface area contributed by atoms with Crippen LogP contribution in [-0.4, -0.2) is 40.8 Å². The zero-order valence-corrected chi connectivity index (χ0v) is 20.9. The van der Waals surface area contributed by atoms with Crippen molar-refractivity contribution in [3.05, 3.63) is 70.7 Å². The van der Waals surface area contributed by atoms with E-state index in [-0.39, 0.29) is 17.6 Å². The number of likely N-dealkylation sites (tertiary alicyclic amines) is 1. The number of aryl methyl sites for hydroxylation is 1. The molecule has 0 spiro atoms. The van der Waals surface area contributed by atoms with Gasteiger partial charge in [0.15, 0.2) is 0 Å². The number of H-pyrrole nitrogens is 1. The van der Waals surface area contributed by atoms with Gasteiger partial charge >= 0.3 is 0 Å². The standard InChI is InChI=1S/C29H35FN4O2/c1-19-24-16-23(30)11-13-25(24)32-27(19)29(36)33-26(12-10-20-4-5-20)28(35)31-17-21-6-8-22(9-7-21)18-34-14-2-3-15-34/h6-9,11,13,16,20,26,32H,2-5,10,12,14-15,17-18H2,1H3,(H,31,35)(H,33,36)/t26-/m0/s1. The van der Waals surface area contributed by atoms with Crippen LogP contribution in [0.15, 0.2) is 42.5 Å². The van der Waals surface area contributed by atoms with E-state index in [1.165, 1.54) is 56.5 Å². The molecule has 0 bridgehead atoms. The molecule has 36 heavy (non-hydrogen) atoms. The number of amides is 2. The van der Waals surface area contributed by atoms with E-state index in [1.807, 2.05) is 0 Å². The predicted octanol–water partition coefficient (Wildman–Crippen LogP) is 4.82. The van der Waals surface area contributed by atoms with Gasteiger partial charge in [-0.05, 0) is 86.5 Å². The summed E-state index contributed by atoms with van der Waals surface area (Å²) in [6, 6.07) is 12.2. The Balaban J connectivity index is 1.21. The van der Waals surface area contributed by atoms with E-state index in [0.717, 1.165) is 18.5 Å². The first-order valence-electron chi connectivity index (χ1n) is 13.1. The maximum absolute atomic E-state index is 13.7. The second kappa shape index (κ2) is 10.8. The van der Waals surface area contributed by atoms with Crippen molar-refractivity contribution in [1.82, 2.24) is 20.5 Å². The normalized spacial score (nSPS) is 16.8. The van der Waals surface area contributed by atoms with Crippen molar-refractivity contribution in [3.8, 4) is 0 Å². The topological polar surface area (TPSA) is 77.2 Å². The van der Waals surface area contributed by atoms with Gasteiger partial charge in [-0.15, -0.1) is 0 Å². The van der Waals surface area contributed by atoms with Crippen LogP contribution in [0.5, 0.6) is 0 Å². The highest BCUT2D eigenvalue weighted by atomic mass is 19.1. The van der Waals surface area contributed by atoms with Gasteiger partial charge in [-0.1, -0.05) is 37.1 Å². The molecule has 2 heterocycles. The minimum absolute atomic E-state index is 0.176. The highest BCUT2D eigenvalue weighted by Crippen LogP contribution is 2.34. The Morgan fingerprint density at radius 3 is 2.53 bits per heavy atom. The number of hydrogen-bond donors (Lipinski definition) is 3. The maximum atomic E-state index is 13.7. The van der Waals surface area contributed by atoms with Gasteiger partial charge in [0.05, 0.1) is 0 Å². The number of carbonyl (C=O) groups is 2. The molecule has 5 rings (SSSR count). The highest BCUT2D eigenvalue weighted by Gasteiger charge is 2.28. The third-order valence-electron chi connectivity index (χ3n) is 7.52. The van der Waals surface area contributed by atoms with E-state index in [9.17, 15) is 14.0 Å². The first kappa shape index (κ1) is 24.5. The summed E-state index contributed by atoms with van der Waals surface area (Å²) in [6.45, 7) is 5.52. The predicted molar refractivity (Wildman–Crippen MR) is 139 cm³/mol. The number of aromatic amines is 1. The van der Waals surface area contributed by atoms with Gasteiger partial charge < -0.3 is 15.6 Å². The fourth-order valence-corrected chi connectivity index (χ4v) is 5.11. The molecular formula is C29H35FN4O2. The van der Waals surface area contributed by atoms with Crippen molar-refractivity contribution >= 4 is 22.7 Å². The van der Waals surface area contributed by atoms with Gasteiger partial charge in [-0.3, -0.25) is 14.5 Å². The lowest BCUT2D eigenvalue weighted by molar-refractivity contribution is -0.123. The quantitative estimate of drug-likeness (QED) is 0.382. The van der Waals surface area contributed by atoms with Crippen LogP contribution in [0.3, 0.4) is 0 Å². The van der Waals surface area contributed by atoms with Crippen LogP contribution in [0, 0.1) is 18.7 Å². The summed E-state index contributed by atoms with van der Waals surface area (Å²) < 4.78 is 13.7. The number of carbonyl (C=O) groups excluding carboxylic acids is 2. The fourth-order valence-electron chi connectivity index (χ4n) is 5.11. The second-order valence-corrected chi connectivity index (χ2v) is 10.4. The molecule has 2 amide bonds. The molecule has 2 aliphatic rings. The largest absolute Gasteiger partial charge is 0.350 e. The minimum Gasteiger partial charge on any atom is -0.350 e. The van der Waals surface area contributed by atoms with Crippen LogP contribution in [0.2, 0.25) is 0 Å². The molecule has 0 radical (unpaired) electrons. The lowest BCUT2D eigenvalue weighted by Crippen LogP contribution is -2.46. The Labute approximate surface area is 211 Å². The van der Waals surface area contributed by atoms with Crippen molar-refractivity contribution < 1.29 is 14.0 Å². The van der Waals surface area contributed by atoms with Gasteiger partial charge in [-0.25, -0.2) is 4.39 Å². The highest BCUT2D eigenvalue weighted by molar-refractivity contribution is 6.02. The lowest BCUT2D eigenvalue weighted by Gasteiger charge is -2.19. The molecular weight excluding hydrogens is 455 g/mol. The van der Waals surface area contributed by atoms with Crippen LogP contribution < -0.4 is 10.6 Å². The number of fused-ring (bicyclic) bond motifs is 1. The van der Waals surface area contributed by atoms with Gasteiger partial charge in [-0.2, -0.15) is 0 Å². The molecule has 190 valence electrons. The Kier molecular flexibility index (Phi) is 7.37. The molecule has 2 aromatic carbocycles. The van der Waals surface area contributed by atoms with Crippen molar-refractivity contribution in [2.75, 3.05) is 13.1 Å². The van der Waals surface area contributed by atoms with Gasteiger partial charge in [0, 0.05) is 24.0 Å². The van der Waals surface area contributed by atoms with Crippen LogP contribution in [0.4, 0.5) is 4.39 Å². The summed E-state index contributed by atoms with van der Waals surface area (Å²) in [5.74, 6) is -0.211. The Morgan fingerprint density at radius 2 is 1.81 bits per heavy atom. The van der Waals surface area contributed by atoms with Gasteiger partial charge in [0.2, 0.25) is 5.91 Å². The molecule has 7 heteroatoms. The Bertz CT molecular complexity index is 1230. The number of halogens is 1. The molecule has 0 unspecified atom stereocenters. The summed E-state index contributed by atoms with van der Waals surface area (Å²) in [6.07, 6.45) is 6.46. The van der Waals surface area contributed by atoms with E-state index < -0.39 is 6.04 Å². The molecule has 1 saturated heterocycles. The summed E-state index contributed by atoms with van der Waals surface area (Å²) in [4.78, 5) is 31.8. The van der Waals surface area contributed by atoms with Gasteiger partial charge in [0.1, 0.15) is 17.6 Å². The van der Waals surface area contributed by atoms with E-state index in [2.05, 4.69) is 44.8 Å². The molecule has 2 fully saturated rings. The molecule has 3 aromatic rings. The Hall–Kier alpha value is -3.19. The van der Waals surface area contributed by atoms with Crippen LogP contribution in [0.25, 0.3) is 10.9 Å². The summed E-state index contributed by atoms with van der Waals surface area (Å²) in [5, 5.41) is 6.63. The van der Waals surface area contributed by atoms with E-state index in [0.29, 0.717) is 41.0 Å². The smallest absolute Gasteiger partial charge is 0.268 e. The molecule has 1 aliphatic carbocycles. The van der Waals surface area contributed by atoms with Crippen molar-refractivity contribution in [3.63, 3.8) is 0 Å².